The Morgan fingerprint density at radius 2 is 1.51 bits per heavy atom. The molecule has 0 saturated carbocycles. The van der Waals surface area contributed by atoms with Gasteiger partial charge in [-0.2, -0.15) is 15.0 Å². The fourth-order valence-electron chi connectivity index (χ4n) is 4.97. The highest BCUT2D eigenvalue weighted by Crippen LogP contribution is 2.21. The maximum absolute atomic E-state index is 12.7. The van der Waals surface area contributed by atoms with Gasteiger partial charge in [0.1, 0.15) is 0 Å². The number of benzene rings is 3. The van der Waals surface area contributed by atoms with Crippen LogP contribution in [-0.4, -0.2) is 65.4 Å². The SMILES string of the molecule is CCC1(CCNC(=O)c2ccc(NC(=O)Nc3ccc(Nc4nc(/C=C/c5ccccc5)nc(N5CCOCC5)n4)cc3)cc2)NN1. The number of amides is 3. The molecule has 0 aliphatic carbocycles. The predicted octanol–water partition coefficient (Wildman–Crippen LogP) is 4.60. The van der Waals surface area contributed by atoms with Gasteiger partial charge >= 0.3 is 6.03 Å². The molecule has 3 aromatic carbocycles. The van der Waals surface area contributed by atoms with Crippen LogP contribution in [0.1, 0.15) is 41.5 Å². The van der Waals surface area contributed by atoms with Crippen molar-refractivity contribution >= 4 is 53.0 Å². The highest BCUT2D eigenvalue weighted by atomic mass is 16.5. The third-order valence-electron chi connectivity index (χ3n) is 7.88. The van der Waals surface area contributed by atoms with Gasteiger partial charge in [0.25, 0.3) is 5.91 Å². The van der Waals surface area contributed by atoms with E-state index in [-0.39, 0.29) is 11.6 Å². The average Bonchev–Trinajstić information content (AvgIpc) is 3.89. The number of hydrogen-bond acceptors (Lipinski definition) is 10. The van der Waals surface area contributed by atoms with E-state index in [9.17, 15) is 9.59 Å². The second-order valence-electron chi connectivity index (χ2n) is 11.2. The molecule has 0 spiro atoms. The van der Waals surface area contributed by atoms with Crippen molar-refractivity contribution in [1.29, 1.82) is 0 Å². The minimum absolute atomic E-state index is 0.0585. The third kappa shape index (κ3) is 8.88. The Bertz CT molecular complexity index is 1690. The summed E-state index contributed by atoms with van der Waals surface area (Å²) in [5, 5.41) is 11.8. The van der Waals surface area contributed by atoms with E-state index in [4.69, 9.17) is 4.74 Å². The minimum Gasteiger partial charge on any atom is -0.378 e. The first kappa shape index (κ1) is 31.6. The molecule has 13 heteroatoms. The predicted molar refractivity (Wildman–Crippen MR) is 183 cm³/mol. The van der Waals surface area contributed by atoms with Gasteiger partial charge in [0, 0.05) is 42.3 Å². The summed E-state index contributed by atoms with van der Waals surface area (Å²) in [6, 6.07) is 23.6. The topological polar surface area (TPSA) is 177 Å². The van der Waals surface area contributed by atoms with Crippen LogP contribution in [-0.2, 0) is 4.74 Å². The van der Waals surface area contributed by atoms with Gasteiger partial charge in [0.05, 0.1) is 18.9 Å². The van der Waals surface area contributed by atoms with Gasteiger partial charge in [-0.05, 0) is 73.0 Å². The maximum Gasteiger partial charge on any atom is 0.323 e. The molecule has 2 aliphatic heterocycles. The van der Waals surface area contributed by atoms with Crippen LogP contribution >= 0.6 is 0 Å². The van der Waals surface area contributed by atoms with Gasteiger partial charge in [-0.3, -0.25) is 4.79 Å². The van der Waals surface area contributed by atoms with Crippen molar-refractivity contribution in [3.05, 3.63) is 95.8 Å². The summed E-state index contributed by atoms with van der Waals surface area (Å²) in [4.78, 5) is 41.2. The second kappa shape index (κ2) is 14.8. The first-order valence-corrected chi connectivity index (χ1v) is 15.7. The molecule has 3 amide bonds. The van der Waals surface area contributed by atoms with Crippen molar-refractivity contribution in [2.75, 3.05) is 53.7 Å². The van der Waals surface area contributed by atoms with Crippen molar-refractivity contribution in [1.82, 2.24) is 31.1 Å². The lowest BCUT2D eigenvalue weighted by Gasteiger charge is -2.27. The molecule has 242 valence electrons. The number of hydrazine groups is 1. The quantitative estimate of drug-likeness (QED) is 0.121. The summed E-state index contributed by atoms with van der Waals surface area (Å²) in [5.74, 6) is 1.36. The van der Waals surface area contributed by atoms with Crippen LogP contribution < -0.4 is 37.0 Å². The van der Waals surface area contributed by atoms with Crippen molar-refractivity contribution in [3.63, 3.8) is 0 Å². The summed E-state index contributed by atoms with van der Waals surface area (Å²) < 4.78 is 5.50. The third-order valence-corrected chi connectivity index (χ3v) is 7.88. The molecule has 6 rings (SSSR count). The molecule has 0 radical (unpaired) electrons. The van der Waals surface area contributed by atoms with Crippen LogP contribution in [0, 0.1) is 0 Å². The summed E-state index contributed by atoms with van der Waals surface area (Å²) in [6.45, 7) is 5.27. The molecule has 2 fully saturated rings. The van der Waals surface area contributed by atoms with Crippen molar-refractivity contribution in [3.8, 4) is 0 Å². The average molecular weight is 635 g/mol. The Balaban J connectivity index is 1.04. The standard InChI is InChI=1S/C34H38N10O3/c1-2-34(42-43-34)18-19-35-30(45)25-9-11-27(12-10-25)37-33(46)38-28-15-13-26(14-16-28)36-31-39-29(17-8-24-6-4-3-5-7-24)40-32(41-31)44-20-22-47-23-21-44/h3-17,42-43H,2,18-23H2,1H3,(H,35,45)(H2,37,38,46)(H,36,39,40,41)/b17-8+. The monoisotopic (exact) mass is 634 g/mol. The smallest absolute Gasteiger partial charge is 0.323 e. The first-order valence-electron chi connectivity index (χ1n) is 15.7. The Morgan fingerprint density at radius 1 is 0.851 bits per heavy atom. The fraction of sp³-hybridized carbons (Fsp3) is 0.265. The highest BCUT2D eigenvalue weighted by Gasteiger charge is 2.38. The Labute approximate surface area is 273 Å². The molecule has 0 bridgehead atoms. The molecule has 1 aromatic heterocycles. The number of aromatic nitrogens is 3. The van der Waals surface area contributed by atoms with E-state index >= 15 is 0 Å². The molecule has 0 unspecified atom stereocenters. The number of urea groups is 1. The molecule has 47 heavy (non-hydrogen) atoms. The minimum atomic E-state index is -0.403. The molecule has 0 atom stereocenters. The van der Waals surface area contributed by atoms with Crippen LogP contribution in [0.15, 0.2) is 78.9 Å². The lowest BCUT2D eigenvalue weighted by molar-refractivity contribution is 0.0952. The van der Waals surface area contributed by atoms with Gasteiger partial charge in [-0.1, -0.05) is 43.3 Å². The zero-order valence-electron chi connectivity index (χ0n) is 26.1. The first-order chi connectivity index (χ1) is 23.0. The van der Waals surface area contributed by atoms with Crippen LogP contribution in [0.5, 0.6) is 0 Å². The van der Waals surface area contributed by atoms with Gasteiger partial charge in [0.15, 0.2) is 5.82 Å². The Hall–Kier alpha value is -5.37. The van der Waals surface area contributed by atoms with Crippen LogP contribution in [0.2, 0.25) is 0 Å². The van der Waals surface area contributed by atoms with E-state index in [1.807, 2.05) is 54.6 Å². The summed E-state index contributed by atoms with van der Waals surface area (Å²) >= 11 is 0. The largest absolute Gasteiger partial charge is 0.378 e. The second-order valence-corrected chi connectivity index (χ2v) is 11.2. The molecular formula is C34H38N10O3. The van der Waals surface area contributed by atoms with Crippen molar-refractivity contribution in [2.24, 2.45) is 0 Å². The molecule has 4 aromatic rings. The lowest BCUT2D eigenvalue weighted by Crippen LogP contribution is -2.37. The number of hydrogen-bond donors (Lipinski definition) is 6. The molecule has 2 aliphatic rings. The zero-order valence-corrected chi connectivity index (χ0v) is 26.1. The van der Waals surface area contributed by atoms with E-state index in [1.54, 1.807) is 36.4 Å². The van der Waals surface area contributed by atoms with Crippen molar-refractivity contribution < 1.29 is 14.3 Å². The van der Waals surface area contributed by atoms with Crippen LogP contribution in [0.3, 0.4) is 0 Å². The number of nitrogens with one attached hydrogen (secondary N) is 6. The normalized spacial score (nSPS) is 15.2. The van der Waals surface area contributed by atoms with Gasteiger partial charge in [-0.25, -0.2) is 15.6 Å². The Kier molecular flexibility index (Phi) is 9.96. The van der Waals surface area contributed by atoms with E-state index in [0.717, 1.165) is 24.1 Å². The van der Waals surface area contributed by atoms with Gasteiger partial charge in [0.2, 0.25) is 11.9 Å². The molecule has 2 saturated heterocycles. The summed E-state index contributed by atoms with van der Waals surface area (Å²) in [7, 11) is 0. The van der Waals surface area contributed by atoms with E-state index in [1.165, 1.54) is 0 Å². The number of carbonyl (C=O) groups excluding carboxylic acids is 2. The van der Waals surface area contributed by atoms with Crippen molar-refractivity contribution in [2.45, 2.75) is 25.4 Å². The molecule has 6 N–H and O–H groups in total. The molecular weight excluding hydrogens is 596 g/mol. The summed E-state index contributed by atoms with van der Waals surface area (Å²) in [6.07, 6.45) is 5.57. The summed E-state index contributed by atoms with van der Waals surface area (Å²) in [5.41, 5.74) is 9.67. The van der Waals surface area contributed by atoms with Gasteiger partial charge < -0.3 is 30.9 Å². The Morgan fingerprint density at radius 3 is 2.17 bits per heavy atom. The molecule has 3 heterocycles. The number of rotatable bonds is 12. The zero-order chi connectivity index (χ0) is 32.5. The number of ether oxygens (including phenoxy) is 1. The van der Waals surface area contributed by atoms with Crippen LogP contribution in [0.4, 0.5) is 33.8 Å². The number of anilines is 5. The number of morpholine rings is 1. The van der Waals surface area contributed by atoms with E-state index < -0.39 is 6.03 Å². The van der Waals surface area contributed by atoms with E-state index in [2.05, 4.69) is 58.9 Å². The fourth-order valence-corrected chi connectivity index (χ4v) is 4.97. The number of carbonyl (C=O) groups is 2. The van der Waals surface area contributed by atoms with Gasteiger partial charge in [-0.15, -0.1) is 0 Å². The van der Waals surface area contributed by atoms with E-state index in [0.29, 0.717) is 67.5 Å². The maximum atomic E-state index is 12.7. The van der Waals surface area contributed by atoms with Crippen LogP contribution in [0.25, 0.3) is 12.2 Å². The number of nitrogens with zero attached hydrogens (tertiary/aromatic N) is 4. The molecule has 13 nitrogen and oxygen atoms in total. The highest BCUT2D eigenvalue weighted by molar-refractivity contribution is 6.00. The lowest BCUT2D eigenvalue weighted by atomic mass is 10.1.